The van der Waals surface area contributed by atoms with E-state index in [0.717, 1.165) is 11.3 Å². The number of hydrogen-bond acceptors (Lipinski definition) is 4. The normalized spacial score (nSPS) is 25.3. The number of nitrogens with zero attached hydrogens (tertiary/aromatic N) is 1. The van der Waals surface area contributed by atoms with Crippen LogP contribution in [0.4, 0.5) is 0 Å². The number of fused-ring (bicyclic) bond motifs is 3. The molecule has 1 N–H and O–H groups in total. The van der Waals surface area contributed by atoms with Crippen molar-refractivity contribution in [3.05, 3.63) is 48.3 Å². The van der Waals surface area contributed by atoms with Gasteiger partial charge in [-0.25, -0.2) is 0 Å². The molecule has 3 atom stereocenters. The van der Waals surface area contributed by atoms with E-state index in [1.54, 1.807) is 24.5 Å². The lowest BCUT2D eigenvalue weighted by molar-refractivity contribution is -0.139. The zero-order valence-electron chi connectivity index (χ0n) is 10.4. The monoisotopic (exact) mass is 269 g/mol. The summed E-state index contributed by atoms with van der Waals surface area (Å²) in [5, 5.41) is 9.07. The number of pyridine rings is 1. The molecule has 20 heavy (non-hydrogen) atoms. The molecule has 2 heterocycles. The number of carboxylic acids is 1. The van der Waals surface area contributed by atoms with Gasteiger partial charge in [-0.05, 0) is 30.3 Å². The van der Waals surface area contributed by atoms with Gasteiger partial charge in [0.15, 0.2) is 0 Å². The molecule has 1 fully saturated rings. The van der Waals surface area contributed by atoms with E-state index in [-0.39, 0.29) is 12.0 Å². The summed E-state index contributed by atoms with van der Waals surface area (Å²) in [6.07, 6.45) is 3.10. The van der Waals surface area contributed by atoms with E-state index >= 15 is 0 Å². The van der Waals surface area contributed by atoms with E-state index in [4.69, 9.17) is 14.6 Å². The van der Waals surface area contributed by atoms with Crippen LogP contribution in [0, 0.1) is 5.92 Å². The Labute approximate surface area is 114 Å². The molecule has 0 saturated heterocycles. The second-order valence-electron chi connectivity index (χ2n) is 4.96. The largest absolute Gasteiger partial charge is 0.489 e. The molecular formula is C15H11NO4. The average molecular weight is 269 g/mol. The molecule has 1 saturated carbocycles. The number of hydrogen-bond donors (Lipinski definition) is 1. The van der Waals surface area contributed by atoms with Gasteiger partial charge >= 0.3 is 5.97 Å². The van der Waals surface area contributed by atoms with Crippen molar-refractivity contribution < 1.29 is 19.4 Å². The molecule has 1 aliphatic carbocycles. The third kappa shape index (κ3) is 1.63. The van der Waals surface area contributed by atoms with Crippen LogP contribution in [-0.4, -0.2) is 22.2 Å². The van der Waals surface area contributed by atoms with Crippen molar-refractivity contribution in [2.24, 2.45) is 5.92 Å². The van der Waals surface area contributed by atoms with Crippen molar-refractivity contribution >= 4 is 5.97 Å². The van der Waals surface area contributed by atoms with Gasteiger partial charge in [-0.2, -0.15) is 0 Å². The predicted molar refractivity (Wildman–Crippen MR) is 69.0 cm³/mol. The Morgan fingerprint density at radius 2 is 2.00 bits per heavy atom. The summed E-state index contributed by atoms with van der Waals surface area (Å²) in [7, 11) is 0. The van der Waals surface area contributed by atoms with E-state index in [1.807, 2.05) is 18.2 Å². The summed E-state index contributed by atoms with van der Waals surface area (Å²) < 4.78 is 11.3. The van der Waals surface area contributed by atoms with E-state index in [2.05, 4.69) is 4.98 Å². The number of aromatic nitrogens is 1. The van der Waals surface area contributed by atoms with Gasteiger partial charge in [0.25, 0.3) is 0 Å². The highest BCUT2D eigenvalue weighted by Crippen LogP contribution is 2.58. The Kier molecular flexibility index (Phi) is 2.24. The minimum Gasteiger partial charge on any atom is -0.489 e. The molecule has 1 aromatic heterocycles. The number of benzene rings is 1. The first kappa shape index (κ1) is 11.3. The van der Waals surface area contributed by atoms with Crippen LogP contribution < -0.4 is 9.47 Å². The Balaban J connectivity index is 1.61. The van der Waals surface area contributed by atoms with Gasteiger partial charge in [0.2, 0.25) is 0 Å². The van der Waals surface area contributed by atoms with Crippen LogP contribution in [0.5, 0.6) is 17.2 Å². The lowest BCUT2D eigenvalue weighted by atomic mass is 10.1. The lowest BCUT2D eigenvalue weighted by Gasteiger charge is -2.09. The molecule has 0 amide bonds. The number of aliphatic carboxylic acids is 1. The molecule has 5 heteroatoms. The van der Waals surface area contributed by atoms with Crippen LogP contribution in [0.15, 0.2) is 42.7 Å². The zero-order valence-corrected chi connectivity index (χ0v) is 10.4. The highest BCUT2D eigenvalue weighted by atomic mass is 16.5. The molecule has 0 radical (unpaired) electrons. The first-order valence-corrected chi connectivity index (χ1v) is 6.35. The van der Waals surface area contributed by atoms with Gasteiger partial charge in [0, 0.05) is 23.9 Å². The fraction of sp³-hybridized carbons (Fsp3) is 0.200. The maximum absolute atomic E-state index is 11.0. The second-order valence-corrected chi connectivity index (χ2v) is 4.96. The van der Waals surface area contributed by atoms with Crippen molar-refractivity contribution in [3.63, 3.8) is 0 Å². The highest BCUT2D eigenvalue weighted by Gasteiger charge is 2.63. The number of carboxylic acid groups (broad SMARTS) is 1. The number of carbonyl (C=O) groups is 1. The zero-order chi connectivity index (χ0) is 13.7. The van der Waals surface area contributed by atoms with Crippen LogP contribution in [-0.2, 0) is 4.79 Å². The summed E-state index contributed by atoms with van der Waals surface area (Å²) in [5.41, 5.74) is 0.925. The molecule has 100 valence electrons. The summed E-state index contributed by atoms with van der Waals surface area (Å²) in [6.45, 7) is 0. The third-order valence-electron chi connectivity index (χ3n) is 3.73. The summed E-state index contributed by atoms with van der Waals surface area (Å²) in [5.74, 6) is 0.879. The third-order valence-corrected chi connectivity index (χ3v) is 3.73. The molecule has 0 bridgehead atoms. The Hall–Kier alpha value is -2.56. The maximum Gasteiger partial charge on any atom is 0.311 e. The van der Waals surface area contributed by atoms with Crippen LogP contribution in [0.2, 0.25) is 0 Å². The standard InChI is InChI=1S/C15H11NO4/c17-15(18)13-12-10-7-9(1-2-11(10)20-14(12)13)19-8-3-5-16-6-4-8/h1-7,12-14H,(H,17,18). The van der Waals surface area contributed by atoms with Crippen LogP contribution >= 0.6 is 0 Å². The van der Waals surface area contributed by atoms with E-state index < -0.39 is 11.9 Å². The van der Waals surface area contributed by atoms with E-state index in [1.165, 1.54) is 0 Å². The summed E-state index contributed by atoms with van der Waals surface area (Å²) in [4.78, 5) is 15.0. The topological polar surface area (TPSA) is 68.7 Å². The molecule has 1 aromatic carbocycles. The molecule has 2 aromatic rings. The van der Waals surface area contributed by atoms with Gasteiger partial charge in [-0.15, -0.1) is 0 Å². The summed E-state index contributed by atoms with van der Waals surface area (Å²) in [6, 6.07) is 9.05. The van der Waals surface area contributed by atoms with Gasteiger partial charge < -0.3 is 14.6 Å². The maximum atomic E-state index is 11.0. The molecule has 5 nitrogen and oxygen atoms in total. The van der Waals surface area contributed by atoms with Gasteiger partial charge in [0.1, 0.15) is 29.3 Å². The minimum absolute atomic E-state index is 0.0384. The SMILES string of the molecule is O=C(O)C1C2Oc3ccc(Oc4ccncc4)cc3C21. The van der Waals surface area contributed by atoms with E-state index in [0.29, 0.717) is 11.5 Å². The lowest BCUT2D eigenvalue weighted by Crippen LogP contribution is -2.08. The van der Waals surface area contributed by atoms with Crippen molar-refractivity contribution in [1.29, 1.82) is 0 Å². The molecular weight excluding hydrogens is 258 g/mol. The molecule has 3 unspecified atom stereocenters. The summed E-state index contributed by atoms with van der Waals surface area (Å²) >= 11 is 0. The fourth-order valence-electron chi connectivity index (χ4n) is 2.74. The molecule has 4 rings (SSSR count). The Morgan fingerprint density at radius 1 is 1.20 bits per heavy atom. The van der Waals surface area contributed by atoms with Crippen LogP contribution in [0.1, 0.15) is 11.5 Å². The molecule has 2 aliphatic rings. The van der Waals surface area contributed by atoms with Crippen molar-refractivity contribution in [3.8, 4) is 17.2 Å². The van der Waals surface area contributed by atoms with Gasteiger partial charge in [-0.1, -0.05) is 0 Å². The van der Waals surface area contributed by atoms with E-state index in [9.17, 15) is 4.79 Å². The first-order chi connectivity index (χ1) is 9.74. The minimum atomic E-state index is -0.800. The highest BCUT2D eigenvalue weighted by molar-refractivity contribution is 5.79. The van der Waals surface area contributed by atoms with Crippen molar-refractivity contribution in [1.82, 2.24) is 4.98 Å². The predicted octanol–water partition coefficient (Wildman–Crippen LogP) is 2.43. The molecule has 0 spiro atoms. The fourth-order valence-corrected chi connectivity index (χ4v) is 2.74. The quantitative estimate of drug-likeness (QED) is 0.926. The van der Waals surface area contributed by atoms with Gasteiger partial charge in [0.05, 0.1) is 0 Å². The molecule has 1 aliphatic heterocycles. The second kappa shape index (κ2) is 3.96. The van der Waals surface area contributed by atoms with Crippen molar-refractivity contribution in [2.75, 3.05) is 0 Å². The average Bonchev–Trinajstić information content (AvgIpc) is 3.05. The number of rotatable bonds is 3. The first-order valence-electron chi connectivity index (χ1n) is 6.35. The smallest absolute Gasteiger partial charge is 0.311 e. The van der Waals surface area contributed by atoms with Crippen LogP contribution in [0.25, 0.3) is 0 Å². The van der Waals surface area contributed by atoms with Crippen LogP contribution in [0.3, 0.4) is 0 Å². The number of ether oxygens (including phenoxy) is 2. The van der Waals surface area contributed by atoms with Gasteiger partial charge in [-0.3, -0.25) is 9.78 Å². The Bertz CT molecular complexity index is 686. The van der Waals surface area contributed by atoms with Crippen molar-refractivity contribution in [2.45, 2.75) is 12.0 Å². The Morgan fingerprint density at radius 3 is 2.75 bits per heavy atom.